The van der Waals surface area contributed by atoms with Crippen molar-refractivity contribution in [2.75, 3.05) is 0 Å². The fraction of sp³-hybridized carbons (Fsp3) is 0.273. The summed E-state index contributed by atoms with van der Waals surface area (Å²) in [6.45, 7) is 3.68. The van der Waals surface area contributed by atoms with Crippen LogP contribution in [-0.4, -0.2) is 12.6 Å². The van der Waals surface area contributed by atoms with Gasteiger partial charge in [0.25, 0.3) is 0 Å². The normalized spacial score (nSPS) is 12.2. The molecule has 1 rings (SSSR count). The van der Waals surface area contributed by atoms with Gasteiger partial charge in [-0.1, -0.05) is 25.1 Å². The maximum absolute atomic E-state index is 10.6. The van der Waals surface area contributed by atoms with Gasteiger partial charge in [0, 0.05) is 11.5 Å². The molecule has 0 bridgehead atoms. The van der Waals surface area contributed by atoms with Crippen molar-refractivity contribution in [3.63, 3.8) is 0 Å². The van der Waals surface area contributed by atoms with Gasteiger partial charge in [0.2, 0.25) is 0 Å². The molecular formula is C11H12O2. The van der Waals surface area contributed by atoms with Crippen molar-refractivity contribution in [2.45, 2.75) is 19.8 Å². The van der Waals surface area contributed by atoms with E-state index in [2.05, 4.69) is 0 Å². The lowest BCUT2D eigenvalue weighted by Crippen LogP contribution is -2.00. The van der Waals surface area contributed by atoms with Crippen molar-refractivity contribution in [1.29, 1.82) is 0 Å². The predicted octanol–water partition coefficient (Wildman–Crippen LogP) is 2.11. The standard InChI is InChI=1S/C11H12O2/c1-8(6-12)11-5-3-4-10(7-13)9(11)2/h3-8H,1-2H3. The highest BCUT2D eigenvalue weighted by molar-refractivity contribution is 5.78. The molecule has 0 radical (unpaired) electrons. The Kier molecular flexibility index (Phi) is 2.96. The van der Waals surface area contributed by atoms with Crippen LogP contribution in [0, 0.1) is 6.92 Å². The molecule has 0 spiro atoms. The van der Waals surface area contributed by atoms with E-state index in [1.807, 2.05) is 19.9 Å². The summed E-state index contributed by atoms with van der Waals surface area (Å²) in [5, 5.41) is 0. The van der Waals surface area contributed by atoms with Crippen molar-refractivity contribution >= 4 is 12.6 Å². The van der Waals surface area contributed by atoms with Gasteiger partial charge in [0.15, 0.2) is 0 Å². The molecule has 0 heterocycles. The predicted molar refractivity (Wildman–Crippen MR) is 51.0 cm³/mol. The van der Waals surface area contributed by atoms with Crippen LogP contribution in [-0.2, 0) is 4.79 Å². The van der Waals surface area contributed by atoms with Crippen LogP contribution in [0.25, 0.3) is 0 Å². The number of carbonyl (C=O) groups is 2. The lowest BCUT2D eigenvalue weighted by atomic mass is 9.94. The molecule has 2 heteroatoms. The van der Waals surface area contributed by atoms with Crippen LogP contribution < -0.4 is 0 Å². The summed E-state index contributed by atoms with van der Waals surface area (Å²) in [7, 11) is 0. The van der Waals surface area contributed by atoms with Gasteiger partial charge in [-0.3, -0.25) is 4.79 Å². The number of benzene rings is 1. The highest BCUT2D eigenvalue weighted by Crippen LogP contribution is 2.19. The van der Waals surface area contributed by atoms with Crippen molar-refractivity contribution in [3.05, 3.63) is 34.9 Å². The molecule has 0 saturated carbocycles. The Balaban J connectivity index is 3.22. The third-order valence-electron chi connectivity index (χ3n) is 2.24. The fourth-order valence-electron chi connectivity index (χ4n) is 1.37. The van der Waals surface area contributed by atoms with Gasteiger partial charge in [0.1, 0.15) is 12.6 Å². The van der Waals surface area contributed by atoms with Crippen molar-refractivity contribution < 1.29 is 9.59 Å². The van der Waals surface area contributed by atoms with E-state index < -0.39 is 0 Å². The Bertz CT molecular complexity index is 329. The first-order chi connectivity index (χ1) is 6.20. The zero-order valence-corrected chi connectivity index (χ0v) is 7.78. The highest BCUT2D eigenvalue weighted by Gasteiger charge is 2.08. The Morgan fingerprint density at radius 3 is 2.54 bits per heavy atom. The molecule has 1 atom stereocenters. The minimum atomic E-state index is -0.139. The maximum Gasteiger partial charge on any atom is 0.150 e. The van der Waals surface area contributed by atoms with Crippen LogP contribution in [0.5, 0.6) is 0 Å². The molecule has 1 aromatic carbocycles. The summed E-state index contributed by atoms with van der Waals surface area (Å²) in [6, 6.07) is 5.43. The molecule has 13 heavy (non-hydrogen) atoms. The first-order valence-electron chi connectivity index (χ1n) is 4.20. The molecule has 0 aromatic heterocycles. The van der Waals surface area contributed by atoms with Crippen LogP contribution in [0.15, 0.2) is 18.2 Å². The average Bonchev–Trinajstić information content (AvgIpc) is 2.17. The van der Waals surface area contributed by atoms with E-state index in [-0.39, 0.29) is 5.92 Å². The van der Waals surface area contributed by atoms with Crippen molar-refractivity contribution in [2.24, 2.45) is 0 Å². The first-order valence-corrected chi connectivity index (χ1v) is 4.20. The van der Waals surface area contributed by atoms with Crippen LogP contribution in [0.1, 0.15) is 34.3 Å². The van der Waals surface area contributed by atoms with Crippen molar-refractivity contribution in [3.8, 4) is 0 Å². The summed E-state index contributed by atoms with van der Waals surface area (Å²) >= 11 is 0. The molecule has 1 aromatic rings. The van der Waals surface area contributed by atoms with Gasteiger partial charge in [-0.2, -0.15) is 0 Å². The Morgan fingerprint density at radius 1 is 1.31 bits per heavy atom. The van der Waals surface area contributed by atoms with Crippen LogP contribution in [0.2, 0.25) is 0 Å². The third-order valence-corrected chi connectivity index (χ3v) is 2.24. The van der Waals surface area contributed by atoms with E-state index >= 15 is 0 Å². The fourth-order valence-corrected chi connectivity index (χ4v) is 1.37. The van der Waals surface area contributed by atoms with Gasteiger partial charge in [-0.15, -0.1) is 0 Å². The second-order valence-corrected chi connectivity index (χ2v) is 3.10. The number of aldehydes is 2. The van der Waals surface area contributed by atoms with Crippen molar-refractivity contribution in [1.82, 2.24) is 0 Å². The molecule has 1 unspecified atom stereocenters. The van der Waals surface area contributed by atoms with Gasteiger partial charge >= 0.3 is 0 Å². The molecule has 0 aliphatic heterocycles. The molecule has 2 nitrogen and oxygen atoms in total. The first kappa shape index (κ1) is 9.65. The Labute approximate surface area is 77.6 Å². The van der Waals surface area contributed by atoms with Gasteiger partial charge in [-0.05, 0) is 18.1 Å². The Morgan fingerprint density at radius 2 is 2.00 bits per heavy atom. The molecule has 0 aliphatic rings. The third kappa shape index (κ3) is 1.83. The van der Waals surface area contributed by atoms with Gasteiger partial charge in [0.05, 0.1) is 0 Å². The summed E-state index contributed by atoms with van der Waals surface area (Å²) in [5.74, 6) is -0.139. The zero-order valence-electron chi connectivity index (χ0n) is 7.78. The van der Waals surface area contributed by atoms with E-state index in [4.69, 9.17) is 0 Å². The van der Waals surface area contributed by atoms with E-state index in [9.17, 15) is 9.59 Å². The number of rotatable bonds is 3. The maximum atomic E-state index is 10.6. The smallest absolute Gasteiger partial charge is 0.150 e. The van der Waals surface area contributed by atoms with Crippen LogP contribution in [0.3, 0.4) is 0 Å². The summed E-state index contributed by atoms with van der Waals surface area (Å²) in [6.07, 6.45) is 1.70. The monoisotopic (exact) mass is 176 g/mol. The lowest BCUT2D eigenvalue weighted by molar-refractivity contribution is -0.108. The van der Waals surface area contributed by atoms with E-state index in [1.165, 1.54) is 0 Å². The zero-order chi connectivity index (χ0) is 9.84. The molecule has 0 saturated heterocycles. The molecule has 0 N–H and O–H groups in total. The molecule has 0 amide bonds. The number of carbonyl (C=O) groups excluding carboxylic acids is 2. The second-order valence-electron chi connectivity index (χ2n) is 3.10. The largest absolute Gasteiger partial charge is 0.303 e. The van der Waals surface area contributed by atoms with Crippen LogP contribution in [0.4, 0.5) is 0 Å². The van der Waals surface area contributed by atoms with E-state index in [0.29, 0.717) is 5.56 Å². The van der Waals surface area contributed by atoms with Gasteiger partial charge < -0.3 is 4.79 Å². The topological polar surface area (TPSA) is 34.1 Å². The summed E-state index contributed by atoms with van der Waals surface area (Å²) in [4.78, 5) is 21.2. The SMILES string of the molecule is Cc1c(C=O)cccc1C(C)C=O. The Hall–Kier alpha value is -1.44. The molecular weight excluding hydrogens is 164 g/mol. The number of hydrogen-bond acceptors (Lipinski definition) is 2. The minimum Gasteiger partial charge on any atom is -0.303 e. The van der Waals surface area contributed by atoms with E-state index in [1.54, 1.807) is 12.1 Å². The highest BCUT2D eigenvalue weighted by atomic mass is 16.1. The second kappa shape index (κ2) is 3.99. The van der Waals surface area contributed by atoms with Crippen LogP contribution >= 0.6 is 0 Å². The quantitative estimate of drug-likeness (QED) is 0.661. The van der Waals surface area contributed by atoms with E-state index in [0.717, 1.165) is 23.7 Å². The average molecular weight is 176 g/mol. The summed E-state index contributed by atoms with van der Waals surface area (Å²) in [5.41, 5.74) is 2.49. The lowest BCUT2D eigenvalue weighted by Gasteiger charge is -2.09. The summed E-state index contributed by atoms with van der Waals surface area (Å²) < 4.78 is 0. The molecule has 0 fully saturated rings. The minimum absolute atomic E-state index is 0.139. The molecule has 0 aliphatic carbocycles. The molecule has 68 valence electrons. The van der Waals surface area contributed by atoms with Gasteiger partial charge in [-0.25, -0.2) is 0 Å². The number of hydrogen-bond donors (Lipinski definition) is 0.